The molecule has 1 aliphatic rings. The Morgan fingerprint density at radius 3 is 2.42 bits per heavy atom. The smallest absolute Gasteiger partial charge is 0.229 e. The molecule has 134 valence electrons. The van der Waals surface area contributed by atoms with Crippen LogP contribution in [0, 0.1) is 6.92 Å². The van der Waals surface area contributed by atoms with E-state index in [-0.39, 0.29) is 12.2 Å². The van der Waals surface area contributed by atoms with Crippen molar-refractivity contribution in [1.82, 2.24) is 19.9 Å². The third kappa shape index (κ3) is 3.43. The van der Waals surface area contributed by atoms with Gasteiger partial charge in [0.05, 0.1) is 12.2 Å². The number of nitrogens with one attached hydrogen (secondary N) is 1. The second kappa shape index (κ2) is 6.84. The first-order valence-corrected chi connectivity index (χ1v) is 8.81. The monoisotopic (exact) mass is 350 g/mol. The maximum absolute atomic E-state index is 5.82. The Labute approximate surface area is 152 Å². The molecule has 1 N–H and O–H groups in total. The zero-order chi connectivity index (χ0) is 18.1. The van der Waals surface area contributed by atoms with Gasteiger partial charge in [0.1, 0.15) is 0 Å². The van der Waals surface area contributed by atoms with E-state index in [2.05, 4.69) is 58.1 Å². The highest BCUT2D eigenvalue weighted by Crippen LogP contribution is 2.25. The van der Waals surface area contributed by atoms with Crippen molar-refractivity contribution in [3.8, 4) is 0 Å². The Hall–Kier alpha value is -2.80. The molecular formula is C19H22N6O. The van der Waals surface area contributed by atoms with Crippen LogP contribution in [0.3, 0.4) is 0 Å². The first-order valence-electron chi connectivity index (χ1n) is 8.81. The number of morpholine rings is 1. The van der Waals surface area contributed by atoms with Crippen molar-refractivity contribution in [2.75, 3.05) is 23.3 Å². The molecule has 2 atom stereocenters. The Balaban J connectivity index is 1.74. The molecule has 1 fully saturated rings. The van der Waals surface area contributed by atoms with E-state index in [1.54, 1.807) is 12.4 Å². The summed E-state index contributed by atoms with van der Waals surface area (Å²) >= 11 is 0. The molecule has 1 aliphatic heterocycles. The highest BCUT2D eigenvalue weighted by atomic mass is 16.5. The molecule has 1 aromatic carbocycles. The lowest BCUT2D eigenvalue weighted by molar-refractivity contribution is -0.00569. The van der Waals surface area contributed by atoms with E-state index in [1.807, 2.05) is 12.1 Å². The molecule has 0 radical (unpaired) electrons. The zero-order valence-corrected chi connectivity index (χ0v) is 15.2. The third-order valence-corrected chi connectivity index (χ3v) is 4.34. The molecule has 4 rings (SSSR count). The summed E-state index contributed by atoms with van der Waals surface area (Å²) in [5, 5.41) is 3.36. The van der Waals surface area contributed by atoms with E-state index in [4.69, 9.17) is 9.72 Å². The highest BCUT2D eigenvalue weighted by molar-refractivity contribution is 5.85. The summed E-state index contributed by atoms with van der Waals surface area (Å²) in [6, 6.07) is 8.17. The van der Waals surface area contributed by atoms with Crippen LogP contribution >= 0.6 is 0 Å². The van der Waals surface area contributed by atoms with Crippen LogP contribution in [-0.2, 0) is 4.74 Å². The maximum Gasteiger partial charge on any atom is 0.229 e. The first kappa shape index (κ1) is 16.7. The van der Waals surface area contributed by atoms with Gasteiger partial charge >= 0.3 is 0 Å². The van der Waals surface area contributed by atoms with Crippen molar-refractivity contribution >= 4 is 28.6 Å². The lowest BCUT2D eigenvalue weighted by Gasteiger charge is -2.35. The van der Waals surface area contributed by atoms with Gasteiger partial charge in [0, 0.05) is 31.2 Å². The van der Waals surface area contributed by atoms with Gasteiger partial charge in [-0.25, -0.2) is 9.97 Å². The molecule has 1 saturated heterocycles. The normalized spacial score (nSPS) is 20.3. The van der Waals surface area contributed by atoms with Gasteiger partial charge in [0.2, 0.25) is 5.95 Å². The summed E-state index contributed by atoms with van der Waals surface area (Å²) in [5.41, 5.74) is 3.40. The van der Waals surface area contributed by atoms with E-state index in [9.17, 15) is 0 Å². The number of rotatable bonds is 3. The van der Waals surface area contributed by atoms with E-state index >= 15 is 0 Å². The number of anilines is 3. The molecule has 2 aromatic heterocycles. The summed E-state index contributed by atoms with van der Waals surface area (Å²) in [7, 11) is 0. The van der Waals surface area contributed by atoms with Crippen LogP contribution in [0.25, 0.3) is 11.2 Å². The second-order valence-corrected chi connectivity index (χ2v) is 6.75. The molecule has 7 heteroatoms. The minimum Gasteiger partial charge on any atom is -0.372 e. The average Bonchev–Trinajstić information content (AvgIpc) is 2.63. The third-order valence-electron chi connectivity index (χ3n) is 4.34. The lowest BCUT2D eigenvalue weighted by Crippen LogP contribution is -2.46. The van der Waals surface area contributed by atoms with Gasteiger partial charge in [-0.15, -0.1) is 0 Å². The van der Waals surface area contributed by atoms with Gasteiger partial charge in [0.25, 0.3) is 0 Å². The van der Waals surface area contributed by atoms with Gasteiger partial charge in [-0.05, 0) is 32.9 Å². The molecule has 0 bridgehead atoms. The maximum atomic E-state index is 5.82. The van der Waals surface area contributed by atoms with E-state index in [0.29, 0.717) is 22.9 Å². The van der Waals surface area contributed by atoms with Gasteiger partial charge in [-0.2, -0.15) is 9.97 Å². The van der Waals surface area contributed by atoms with E-state index < -0.39 is 0 Å². The molecule has 0 unspecified atom stereocenters. The van der Waals surface area contributed by atoms with Crippen molar-refractivity contribution in [3.63, 3.8) is 0 Å². The number of ether oxygens (including phenoxy) is 1. The molecule has 3 aromatic rings. The molecule has 3 heterocycles. The Morgan fingerprint density at radius 1 is 1.00 bits per heavy atom. The molecule has 0 saturated carbocycles. The summed E-state index contributed by atoms with van der Waals surface area (Å²) < 4.78 is 5.82. The van der Waals surface area contributed by atoms with Crippen molar-refractivity contribution in [1.29, 1.82) is 0 Å². The zero-order valence-electron chi connectivity index (χ0n) is 15.2. The van der Waals surface area contributed by atoms with Crippen LogP contribution in [0.15, 0.2) is 36.7 Å². The van der Waals surface area contributed by atoms with Gasteiger partial charge in [-0.1, -0.05) is 17.7 Å². The predicted octanol–water partition coefficient (Wildman–Crippen LogP) is 3.09. The largest absolute Gasteiger partial charge is 0.372 e. The minimum atomic E-state index is 0.133. The van der Waals surface area contributed by atoms with Crippen LogP contribution < -0.4 is 10.2 Å². The van der Waals surface area contributed by atoms with Crippen molar-refractivity contribution in [3.05, 3.63) is 42.2 Å². The number of nitrogens with zero attached hydrogens (tertiary/aromatic N) is 5. The molecule has 26 heavy (non-hydrogen) atoms. The van der Waals surface area contributed by atoms with Crippen LogP contribution in [0.5, 0.6) is 0 Å². The Morgan fingerprint density at radius 2 is 1.69 bits per heavy atom. The van der Waals surface area contributed by atoms with Crippen molar-refractivity contribution in [2.45, 2.75) is 33.0 Å². The topological polar surface area (TPSA) is 76.1 Å². The van der Waals surface area contributed by atoms with Crippen LogP contribution in [0.1, 0.15) is 19.4 Å². The lowest BCUT2D eigenvalue weighted by atomic mass is 10.2. The van der Waals surface area contributed by atoms with E-state index in [0.717, 1.165) is 18.8 Å². The quantitative estimate of drug-likeness (QED) is 0.778. The minimum absolute atomic E-state index is 0.133. The van der Waals surface area contributed by atoms with E-state index in [1.165, 1.54) is 5.56 Å². The Bertz CT molecular complexity index is 904. The standard InChI is InChI=1S/C19H22N6O/c1-12-4-6-15(7-5-12)22-18-16-17(21-9-8-20-16)23-19(24-18)25-10-13(2)26-14(3)11-25/h4-9,13-14H,10-11H2,1-3H3,(H,21,22,23,24)/t13-,14-/m0/s1. The molecule has 7 nitrogen and oxygen atoms in total. The number of fused-ring (bicyclic) bond motifs is 1. The van der Waals surface area contributed by atoms with Crippen LogP contribution in [-0.4, -0.2) is 45.2 Å². The predicted molar refractivity (Wildman–Crippen MR) is 102 cm³/mol. The average molecular weight is 350 g/mol. The second-order valence-electron chi connectivity index (χ2n) is 6.75. The van der Waals surface area contributed by atoms with Crippen molar-refractivity contribution in [2.24, 2.45) is 0 Å². The fourth-order valence-corrected chi connectivity index (χ4v) is 3.20. The van der Waals surface area contributed by atoms with Gasteiger partial charge in [-0.3, -0.25) is 0 Å². The fourth-order valence-electron chi connectivity index (χ4n) is 3.20. The summed E-state index contributed by atoms with van der Waals surface area (Å²) in [4.78, 5) is 20.3. The SMILES string of the molecule is Cc1ccc(Nc2nc(N3C[C@H](C)O[C@@H](C)C3)nc3nccnc23)cc1. The number of aromatic nitrogens is 4. The molecule has 0 amide bonds. The number of hydrogen-bond donors (Lipinski definition) is 1. The number of aryl methyl sites for hydroxylation is 1. The molecule has 0 aliphatic carbocycles. The summed E-state index contributed by atoms with van der Waals surface area (Å²) in [5.74, 6) is 1.31. The first-order chi connectivity index (χ1) is 12.6. The number of benzene rings is 1. The Kier molecular flexibility index (Phi) is 4.38. The number of hydrogen-bond acceptors (Lipinski definition) is 7. The van der Waals surface area contributed by atoms with Crippen LogP contribution in [0.2, 0.25) is 0 Å². The van der Waals surface area contributed by atoms with Crippen LogP contribution in [0.4, 0.5) is 17.5 Å². The van der Waals surface area contributed by atoms with Gasteiger partial charge < -0.3 is 15.0 Å². The fraction of sp³-hybridized carbons (Fsp3) is 0.368. The molecule has 0 spiro atoms. The summed E-state index contributed by atoms with van der Waals surface area (Å²) in [6.45, 7) is 7.69. The molecular weight excluding hydrogens is 328 g/mol. The highest BCUT2D eigenvalue weighted by Gasteiger charge is 2.25. The summed E-state index contributed by atoms with van der Waals surface area (Å²) in [6.07, 6.45) is 3.58. The van der Waals surface area contributed by atoms with Gasteiger partial charge in [0.15, 0.2) is 17.0 Å². The van der Waals surface area contributed by atoms with Crippen molar-refractivity contribution < 1.29 is 4.74 Å².